The minimum atomic E-state index is -3.39. The van der Waals surface area contributed by atoms with Crippen LogP contribution in [-0.4, -0.2) is 35.8 Å². The van der Waals surface area contributed by atoms with Crippen LogP contribution >= 0.6 is 0 Å². The van der Waals surface area contributed by atoms with Crippen LogP contribution in [0.4, 0.5) is 5.82 Å². The normalized spacial score (nSPS) is 15.8. The average molecular weight is 318 g/mol. The molecule has 3 rings (SSSR count). The van der Waals surface area contributed by atoms with Gasteiger partial charge in [-0.1, -0.05) is 6.07 Å². The van der Waals surface area contributed by atoms with Crippen LogP contribution in [0.25, 0.3) is 0 Å². The first-order valence-corrected chi connectivity index (χ1v) is 8.69. The Morgan fingerprint density at radius 1 is 1.14 bits per heavy atom. The van der Waals surface area contributed by atoms with Crippen molar-refractivity contribution in [1.82, 2.24) is 14.3 Å². The van der Waals surface area contributed by atoms with Gasteiger partial charge in [0.05, 0.1) is 0 Å². The molecule has 2 aromatic rings. The van der Waals surface area contributed by atoms with Gasteiger partial charge >= 0.3 is 0 Å². The lowest BCUT2D eigenvalue weighted by molar-refractivity contribution is 0.477. The molecule has 0 aromatic carbocycles. The van der Waals surface area contributed by atoms with E-state index in [4.69, 9.17) is 0 Å². The van der Waals surface area contributed by atoms with E-state index in [1.54, 1.807) is 24.5 Å². The number of nitrogens with zero attached hydrogens (tertiary/aromatic N) is 3. The summed E-state index contributed by atoms with van der Waals surface area (Å²) in [6, 6.07) is 7.13. The molecule has 0 radical (unpaired) electrons. The molecule has 0 unspecified atom stereocenters. The van der Waals surface area contributed by atoms with Crippen LogP contribution in [0.1, 0.15) is 18.4 Å². The van der Waals surface area contributed by atoms with Crippen LogP contribution in [0.3, 0.4) is 0 Å². The van der Waals surface area contributed by atoms with E-state index in [0.29, 0.717) is 25.5 Å². The van der Waals surface area contributed by atoms with E-state index >= 15 is 0 Å². The predicted octanol–water partition coefficient (Wildman–Crippen LogP) is 1.87. The summed E-state index contributed by atoms with van der Waals surface area (Å²) < 4.78 is 26.3. The zero-order chi connectivity index (χ0) is 15.4. The van der Waals surface area contributed by atoms with E-state index in [9.17, 15) is 8.42 Å². The number of nitrogens with one attached hydrogen (secondary N) is 1. The second-order valence-electron chi connectivity index (χ2n) is 5.21. The number of anilines is 1. The molecule has 116 valence electrons. The van der Waals surface area contributed by atoms with Crippen molar-refractivity contribution >= 4 is 15.8 Å². The third-order valence-electron chi connectivity index (χ3n) is 3.64. The Bertz CT molecular complexity index is 711. The number of aromatic nitrogens is 2. The van der Waals surface area contributed by atoms with Gasteiger partial charge in [-0.25, -0.2) is 13.4 Å². The van der Waals surface area contributed by atoms with Gasteiger partial charge in [0, 0.05) is 38.2 Å². The summed E-state index contributed by atoms with van der Waals surface area (Å²) in [4.78, 5) is 8.49. The standard InChI is InChI=1S/C15H18N4O2S/c20-22(21,19-8-1-2-9-19)14-5-6-15(18-12-14)17-11-13-4-3-7-16-10-13/h3-7,10,12H,1-2,8-9,11H2,(H,17,18). The number of rotatable bonds is 5. The number of hydrogen-bond acceptors (Lipinski definition) is 5. The van der Waals surface area contributed by atoms with E-state index in [2.05, 4.69) is 15.3 Å². The molecule has 6 nitrogen and oxygen atoms in total. The second kappa shape index (κ2) is 6.41. The van der Waals surface area contributed by atoms with Crippen molar-refractivity contribution in [3.8, 4) is 0 Å². The van der Waals surface area contributed by atoms with Crippen LogP contribution in [0.15, 0.2) is 47.8 Å². The van der Waals surface area contributed by atoms with Gasteiger partial charge in [-0.3, -0.25) is 4.98 Å². The molecule has 3 heterocycles. The third kappa shape index (κ3) is 3.26. The zero-order valence-corrected chi connectivity index (χ0v) is 13.0. The van der Waals surface area contributed by atoms with E-state index < -0.39 is 10.0 Å². The highest BCUT2D eigenvalue weighted by Gasteiger charge is 2.27. The Balaban J connectivity index is 1.67. The van der Waals surface area contributed by atoms with Gasteiger partial charge in [0.15, 0.2) is 0 Å². The third-order valence-corrected chi connectivity index (χ3v) is 5.52. The van der Waals surface area contributed by atoms with Crippen LogP contribution < -0.4 is 5.32 Å². The first-order chi connectivity index (χ1) is 10.7. The van der Waals surface area contributed by atoms with Crippen molar-refractivity contribution < 1.29 is 8.42 Å². The van der Waals surface area contributed by atoms with Gasteiger partial charge in [-0.05, 0) is 36.6 Å². The van der Waals surface area contributed by atoms with Gasteiger partial charge < -0.3 is 5.32 Å². The number of sulfonamides is 1. The SMILES string of the molecule is O=S(=O)(c1ccc(NCc2cccnc2)nc1)N1CCCC1. The predicted molar refractivity (Wildman–Crippen MR) is 83.8 cm³/mol. The van der Waals surface area contributed by atoms with Gasteiger partial charge in [-0.2, -0.15) is 4.31 Å². The molecule has 0 amide bonds. The smallest absolute Gasteiger partial charge is 0.244 e. The lowest BCUT2D eigenvalue weighted by Gasteiger charge is -2.15. The van der Waals surface area contributed by atoms with Crippen LogP contribution in [-0.2, 0) is 16.6 Å². The van der Waals surface area contributed by atoms with Crippen LogP contribution in [0, 0.1) is 0 Å². The van der Waals surface area contributed by atoms with Crippen molar-refractivity contribution in [3.63, 3.8) is 0 Å². The molecule has 22 heavy (non-hydrogen) atoms. The van der Waals surface area contributed by atoms with Crippen molar-refractivity contribution in [2.45, 2.75) is 24.3 Å². The molecule has 1 fully saturated rings. The van der Waals surface area contributed by atoms with E-state index in [1.165, 1.54) is 10.5 Å². The molecule has 1 aliphatic rings. The minimum Gasteiger partial charge on any atom is -0.366 e. The maximum atomic E-state index is 12.4. The first kappa shape index (κ1) is 14.9. The Hall–Kier alpha value is -1.99. The maximum absolute atomic E-state index is 12.4. The summed E-state index contributed by atoms with van der Waals surface area (Å²) in [5.41, 5.74) is 1.04. The van der Waals surface area contributed by atoms with Crippen molar-refractivity contribution in [1.29, 1.82) is 0 Å². The summed E-state index contributed by atoms with van der Waals surface area (Å²) in [5, 5.41) is 3.15. The monoisotopic (exact) mass is 318 g/mol. The molecular formula is C15H18N4O2S. The average Bonchev–Trinajstić information content (AvgIpc) is 3.10. The fourth-order valence-electron chi connectivity index (χ4n) is 2.41. The van der Waals surface area contributed by atoms with Gasteiger partial charge in [0.2, 0.25) is 10.0 Å². The number of hydrogen-bond donors (Lipinski definition) is 1. The van der Waals surface area contributed by atoms with Gasteiger partial charge in [0.25, 0.3) is 0 Å². The van der Waals surface area contributed by atoms with Crippen molar-refractivity contribution in [3.05, 3.63) is 48.4 Å². The highest BCUT2D eigenvalue weighted by Crippen LogP contribution is 2.20. The highest BCUT2D eigenvalue weighted by molar-refractivity contribution is 7.89. The first-order valence-electron chi connectivity index (χ1n) is 7.25. The molecule has 0 bridgehead atoms. The van der Waals surface area contributed by atoms with Gasteiger partial charge in [0.1, 0.15) is 10.7 Å². The molecule has 2 aromatic heterocycles. The molecule has 1 N–H and O–H groups in total. The topological polar surface area (TPSA) is 75.2 Å². The van der Waals surface area contributed by atoms with E-state index in [-0.39, 0.29) is 4.90 Å². The van der Waals surface area contributed by atoms with E-state index in [0.717, 1.165) is 18.4 Å². The second-order valence-corrected chi connectivity index (χ2v) is 7.14. The van der Waals surface area contributed by atoms with Gasteiger partial charge in [-0.15, -0.1) is 0 Å². The van der Waals surface area contributed by atoms with E-state index in [1.807, 2.05) is 12.1 Å². The Morgan fingerprint density at radius 3 is 2.59 bits per heavy atom. The summed E-state index contributed by atoms with van der Waals surface area (Å²) in [6.07, 6.45) is 6.77. The fraction of sp³-hybridized carbons (Fsp3) is 0.333. The minimum absolute atomic E-state index is 0.251. The molecular weight excluding hydrogens is 300 g/mol. The zero-order valence-electron chi connectivity index (χ0n) is 12.1. The molecule has 0 aliphatic carbocycles. The molecule has 1 saturated heterocycles. The summed E-state index contributed by atoms with van der Waals surface area (Å²) >= 11 is 0. The lowest BCUT2D eigenvalue weighted by Crippen LogP contribution is -2.27. The fourth-order valence-corrected chi connectivity index (χ4v) is 3.87. The summed E-state index contributed by atoms with van der Waals surface area (Å²) in [6.45, 7) is 1.80. The van der Waals surface area contributed by atoms with Crippen LogP contribution in [0.5, 0.6) is 0 Å². The highest BCUT2D eigenvalue weighted by atomic mass is 32.2. The molecule has 7 heteroatoms. The maximum Gasteiger partial charge on any atom is 0.244 e. The largest absolute Gasteiger partial charge is 0.366 e. The molecule has 1 aliphatic heterocycles. The Morgan fingerprint density at radius 2 is 1.95 bits per heavy atom. The Labute approximate surface area is 130 Å². The van der Waals surface area contributed by atoms with Crippen molar-refractivity contribution in [2.75, 3.05) is 18.4 Å². The quantitative estimate of drug-likeness (QED) is 0.911. The Kier molecular flexibility index (Phi) is 4.35. The molecule has 0 spiro atoms. The number of pyridine rings is 2. The van der Waals surface area contributed by atoms with Crippen molar-refractivity contribution in [2.24, 2.45) is 0 Å². The lowest BCUT2D eigenvalue weighted by atomic mass is 10.3. The molecule has 0 atom stereocenters. The van der Waals surface area contributed by atoms with Crippen LogP contribution in [0.2, 0.25) is 0 Å². The summed E-state index contributed by atoms with van der Waals surface area (Å²) in [5.74, 6) is 0.643. The summed E-state index contributed by atoms with van der Waals surface area (Å²) in [7, 11) is -3.39. The molecule has 0 saturated carbocycles.